The van der Waals surface area contributed by atoms with Crippen LogP contribution in [0.15, 0.2) is 18.2 Å². The summed E-state index contributed by atoms with van der Waals surface area (Å²) in [6.07, 6.45) is 1.86. The van der Waals surface area contributed by atoms with Crippen LogP contribution in [0.5, 0.6) is 5.75 Å². The average Bonchev–Trinajstić information content (AvgIpc) is 2.29. The fourth-order valence-electron chi connectivity index (χ4n) is 2.36. The number of hydrogen-bond donors (Lipinski definition) is 2. The van der Waals surface area contributed by atoms with E-state index in [1.807, 2.05) is 0 Å². The topological polar surface area (TPSA) is 41.5 Å². The molecule has 0 aromatic heterocycles. The second kappa shape index (κ2) is 5.24. The fourth-order valence-corrected chi connectivity index (χ4v) is 2.36. The van der Waals surface area contributed by atoms with Crippen molar-refractivity contribution in [3.63, 3.8) is 0 Å². The van der Waals surface area contributed by atoms with E-state index in [0.717, 1.165) is 19.4 Å². The number of phenols is 1. The molecular weight excluding hydrogens is 233 g/mol. The Morgan fingerprint density at radius 2 is 2.28 bits per heavy atom. The zero-order chi connectivity index (χ0) is 13.2. The van der Waals surface area contributed by atoms with E-state index in [0.29, 0.717) is 18.2 Å². The second-order valence-electron chi connectivity index (χ2n) is 5.45. The normalized spacial score (nSPS) is 22.9. The summed E-state index contributed by atoms with van der Waals surface area (Å²) in [5.74, 6) is -0.188. The Morgan fingerprint density at radius 3 is 3.00 bits per heavy atom. The minimum atomic E-state index is -0.322. The molecule has 0 saturated carbocycles. The molecule has 0 amide bonds. The number of ether oxygens (including phenoxy) is 1. The molecule has 1 aliphatic heterocycles. The second-order valence-corrected chi connectivity index (χ2v) is 5.45. The molecule has 1 saturated heterocycles. The number of aromatic hydroxyl groups is 1. The van der Waals surface area contributed by atoms with Crippen LogP contribution in [0.1, 0.15) is 32.3 Å². The summed E-state index contributed by atoms with van der Waals surface area (Å²) >= 11 is 0. The standard InChI is InChI=1S/C14H20FNO2/c1-14(2)8-12(5-6-18-14)16-9-10-7-11(15)3-4-13(10)17/h3-4,7,12,16-17H,5-6,8-9H2,1-2H3. The molecule has 1 unspecified atom stereocenters. The molecule has 0 radical (unpaired) electrons. The first-order valence-corrected chi connectivity index (χ1v) is 6.31. The van der Waals surface area contributed by atoms with E-state index < -0.39 is 0 Å². The third-order valence-electron chi connectivity index (χ3n) is 3.32. The van der Waals surface area contributed by atoms with Crippen LogP contribution in [0, 0.1) is 5.82 Å². The zero-order valence-corrected chi connectivity index (χ0v) is 10.9. The summed E-state index contributed by atoms with van der Waals surface area (Å²) in [5, 5.41) is 13.0. The number of benzene rings is 1. The Balaban J connectivity index is 1.93. The van der Waals surface area contributed by atoms with E-state index >= 15 is 0 Å². The van der Waals surface area contributed by atoms with Crippen LogP contribution in [0.4, 0.5) is 4.39 Å². The lowest BCUT2D eigenvalue weighted by molar-refractivity contribution is -0.0630. The van der Waals surface area contributed by atoms with Gasteiger partial charge in [0.15, 0.2) is 0 Å². The maximum absolute atomic E-state index is 13.1. The summed E-state index contributed by atoms with van der Waals surface area (Å²) in [5.41, 5.74) is 0.485. The van der Waals surface area contributed by atoms with E-state index in [-0.39, 0.29) is 17.2 Å². The van der Waals surface area contributed by atoms with Gasteiger partial charge in [0.1, 0.15) is 11.6 Å². The molecule has 0 aliphatic carbocycles. The van der Waals surface area contributed by atoms with Gasteiger partial charge in [0, 0.05) is 24.8 Å². The van der Waals surface area contributed by atoms with Gasteiger partial charge in [0.05, 0.1) is 5.60 Å². The highest BCUT2D eigenvalue weighted by atomic mass is 19.1. The average molecular weight is 253 g/mol. The molecule has 4 heteroatoms. The van der Waals surface area contributed by atoms with Crippen LogP contribution < -0.4 is 5.32 Å². The Kier molecular flexibility index (Phi) is 3.88. The van der Waals surface area contributed by atoms with Gasteiger partial charge in [0.25, 0.3) is 0 Å². The van der Waals surface area contributed by atoms with Crippen molar-refractivity contribution in [2.24, 2.45) is 0 Å². The third kappa shape index (κ3) is 3.43. The van der Waals surface area contributed by atoms with Gasteiger partial charge in [-0.1, -0.05) is 0 Å². The predicted molar refractivity (Wildman–Crippen MR) is 68.0 cm³/mol. The third-order valence-corrected chi connectivity index (χ3v) is 3.32. The summed E-state index contributed by atoms with van der Waals surface area (Å²) in [6.45, 7) is 5.35. The Morgan fingerprint density at radius 1 is 1.50 bits per heavy atom. The summed E-state index contributed by atoms with van der Waals surface area (Å²) in [4.78, 5) is 0. The van der Waals surface area contributed by atoms with E-state index in [4.69, 9.17) is 4.74 Å². The molecule has 0 spiro atoms. The Bertz CT molecular complexity index is 420. The monoisotopic (exact) mass is 253 g/mol. The van der Waals surface area contributed by atoms with Crippen LogP contribution in [-0.4, -0.2) is 23.4 Å². The number of phenolic OH excluding ortho intramolecular Hbond substituents is 1. The lowest BCUT2D eigenvalue weighted by Crippen LogP contribution is -2.43. The van der Waals surface area contributed by atoms with Crippen molar-refractivity contribution in [3.8, 4) is 5.75 Å². The molecule has 2 N–H and O–H groups in total. The van der Waals surface area contributed by atoms with Gasteiger partial charge in [-0.3, -0.25) is 0 Å². The predicted octanol–water partition coefficient (Wildman–Crippen LogP) is 2.58. The van der Waals surface area contributed by atoms with Gasteiger partial charge in [0.2, 0.25) is 0 Å². The Labute approximate surface area is 107 Å². The first-order chi connectivity index (χ1) is 8.46. The van der Waals surface area contributed by atoms with Gasteiger partial charge in [-0.05, 0) is 44.9 Å². The first kappa shape index (κ1) is 13.3. The number of nitrogens with one attached hydrogen (secondary N) is 1. The van der Waals surface area contributed by atoms with Crippen molar-refractivity contribution < 1.29 is 14.2 Å². The van der Waals surface area contributed by atoms with E-state index in [2.05, 4.69) is 19.2 Å². The highest BCUT2D eigenvalue weighted by Gasteiger charge is 2.28. The van der Waals surface area contributed by atoms with Gasteiger partial charge in [-0.15, -0.1) is 0 Å². The van der Waals surface area contributed by atoms with Crippen molar-refractivity contribution in [1.82, 2.24) is 5.32 Å². The Hall–Kier alpha value is -1.13. The number of hydrogen-bond acceptors (Lipinski definition) is 3. The van der Waals surface area contributed by atoms with E-state index in [1.165, 1.54) is 18.2 Å². The minimum absolute atomic E-state index is 0.111. The molecule has 100 valence electrons. The molecule has 1 atom stereocenters. The van der Waals surface area contributed by atoms with E-state index in [9.17, 15) is 9.50 Å². The van der Waals surface area contributed by atoms with Crippen molar-refractivity contribution in [1.29, 1.82) is 0 Å². The van der Waals surface area contributed by atoms with Crippen molar-refractivity contribution in [3.05, 3.63) is 29.6 Å². The molecule has 18 heavy (non-hydrogen) atoms. The van der Waals surface area contributed by atoms with Gasteiger partial charge in [-0.25, -0.2) is 4.39 Å². The smallest absolute Gasteiger partial charge is 0.123 e. The number of halogens is 1. The first-order valence-electron chi connectivity index (χ1n) is 6.31. The highest BCUT2D eigenvalue weighted by Crippen LogP contribution is 2.25. The van der Waals surface area contributed by atoms with Crippen LogP contribution in [0.3, 0.4) is 0 Å². The number of rotatable bonds is 3. The van der Waals surface area contributed by atoms with Gasteiger partial charge in [-0.2, -0.15) is 0 Å². The largest absolute Gasteiger partial charge is 0.508 e. The fraction of sp³-hybridized carbons (Fsp3) is 0.571. The molecule has 3 nitrogen and oxygen atoms in total. The van der Waals surface area contributed by atoms with Gasteiger partial charge >= 0.3 is 0 Å². The van der Waals surface area contributed by atoms with Gasteiger partial charge < -0.3 is 15.2 Å². The molecule has 1 fully saturated rings. The molecular formula is C14H20FNO2. The van der Waals surface area contributed by atoms with Crippen molar-refractivity contribution >= 4 is 0 Å². The minimum Gasteiger partial charge on any atom is -0.508 e. The molecule has 1 aliphatic rings. The van der Waals surface area contributed by atoms with E-state index in [1.54, 1.807) is 0 Å². The molecule has 1 aromatic carbocycles. The highest BCUT2D eigenvalue weighted by molar-refractivity contribution is 5.32. The SMILES string of the molecule is CC1(C)CC(NCc2cc(F)ccc2O)CCO1. The molecule has 1 aromatic rings. The lowest BCUT2D eigenvalue weighted by Gasteiger charge is -2.36. The van der Waals surface area contributed by atoms with Crippen molar-refractivity contribution in [2.45, 2.75) is 44.9 Å². The quantitative estimate of drug-likeness (QED) is 0.870. The van der Waals surface area contributed by atoms with Crippen molar-refractivity contribution in [2.75, 3.05) is 6.61 Å². The molecule has 0 bridgehead atoms. The molecule has 2 rings (SSSR count). The maximum Gasteiger partial charge on any atom is 0.123 e. The summed E-state index contributed by atoms with van der Waals surface area (Å²) in [6, 6.07) is 4.36. The van der Waals surface area contributed by atoms with Crippen LogP contribution in [0.2, 0.25) is 0 Å². The lowest BCUT2D eigenvalue weighted by atomic mass is 9.94. The van der Waals surface area contributed by atoms with Crippen LogP contribution >= 0.6 is 0 Å². The van der Waals surface area contributed by atoms with Crippen LogP contribution in [0.25, 0.3) is 0 Å². The zero-order valence-electron chi connectivity index (χ0n) is 10.9. The maximum atomic E-state index is 13.1. The summed E-state index contributed by atoms with van der Waals surface area (Å²) < 4.78 is 18.7. The molecule has 1 heterocycles. The van der Waals surface area contributed by atoms with Crippen LogP contribution in [-0.2, 0) is 11.3 Å². The summed E-state index contributed by atoms with van der Waals surface area (Å²) in [7, 11) is 0.